The Morgan fingerprint density at radius 3 is 2.25 bits per heavy atom. The number of ether oxygens (including phenoxy) is 1. The zero-order valence-electron chi connectivity index (χ0n) is 10.5. The van der Waals surface area contributed by atoms with Crippen molar-refractivity contribution in [1.82, 2.24) is 0 Å². The minimum absolute atomic E-state index is 0.172. The fraction of sp³-hybridized carbons (Fsp3) is 0.0667. The van der Waals surface area contributed by atoms with Gasteiger partial charge in [-0.25, -0.2) is 4.79 Å². The normalized spacial score (nSPS) is 10.2. The summed E-state index contributed by atoms with van der Waals surface area (Å²) in [5.74, 6) is -0.457. The lowest BCUT2D eigenvalue weighted by molar-refractivity contribution is 0.0731. The van der Waals surface area contributed by atoms with Crippen LogP contribution in [-0.2, 0) is 0 Å². The van der Waals surface area contributed by atoms with Crippen molar-refractivity contribution in [2.24, 2.45) is 0 Å². The van der Waals surface area contributed by atoms with E-state index in [9.17, 15) is 9.59 Å². The molecule has 0 heterocycles. The smallest absolute Gasteiger partial charge is 0.343 e. The van der Waals surface area contributed by atoms with E-state index >= 15 is 0 Å². The maximum atomic E-state index is 12.1. The van der Waals surface area contributed by atoms with Gasteiger partial charge < -0.3 is 4.74 Å². The second kappa shape index (κ2) is 6.33. The maximum Gasteiger partial charge on any atom is 0.343 e. The predicted octanol–water partition coefficient (Wildman–Crippen LogP) is 4.63. The first-order valence-corrected chi connectivity index (χ1v) is 7.35. The number of benzene rings is 2. The fourth-order valence-electron chi connectivity index (χ4n) is 1.63. The molecule has 20 heavy (non-hydrogen) atoms. The van der Waals surface area contributed by atoms with Crippen LogP contribution in [0.1, 0.15) is 27.6 Å². The van der Waals surface area contributed by atoms with E-state index in [1.165, 1.54) is 6.92 Å². The molecular formula is C15H10Br2O3. The van der Waals surface area contributed by atoms with Crippen molar-refractivity contribution in [1.29, 1.82) is 0 Å². The van der Waals surface area contributed by atoms with Gasteiger partial charge in [0.05, 0.1) is 15.6 Å². The molecule has 0 aromatic heterocycles. The second-order valence-electron chi connectivity index (χ2n) is 4.05. The number of carbonyl (C=O) groups is 2. The van der Waals surface area contributed by atoms with Gasteiger partial charge in [-0.15, -0.1) is 0 Å². The average Bonchev–Trinajstić information content (AvgIpc) is 2.44. The summed E-state index contributed by atoms with van der Waals surface area (Å²) in [6, 6.07) is 12.0. The lowest BCUT2D eigenvalue weighted by Gasteiger charge is -2.11. The molecular weight excluding hydrogens is 388 g/mol. The van der Waals surface area contributed by atoms with Gasteiger partial charge in [-0.2, -0.15) is 0 Å². The molecule has 0 aliphatic carbocycles. The molecule has 0 aliphatic rings. The van der Waals surface area contributed by atoms with Gasteiger partial charge in [-0.1, -0.05) is 18.2 Å². The van der Waals surface area contributed by atoms with Crippen LogP contribution in [0.2, 0.25) is 0 Å². The molecule has 5 heteroatoms. The summed E-state index contributed by atoms with van der Waals surface area (Å²) in [6.45, 7) is 1.43. The van der Waals surface area contributed by atoms with E-state index in [4.69, 9.17) is 4.74 Å². The molecule has 0 atom stereocenters. The highest BCUT2D eigenvalue weighted by Gasteiger charge is 2.18. The minimum Gasteiger partial charge on any atom is -0.421 e. The van der Waals surface area contributed by atoms with Crippen LogP contribution in [0.15, 0.2) is 51.4 Å². The fourth-order valence-corrected chi connectivity index (χ4v) is 2.37. The number of Topliss-reactive ketones (excluding diaryl/α,β-unsaturated/α-hetero) is 1. The monoisotopic (exact) mass is 396 g/mol. The second-order valence-corrected chi connectivity index (χ2v) is 5.70. The molecule has 102 valence electrons. The lowest BCUT2D eigenvalue weighted by Crippen LogP contribution is -2.11. The Hall–Kier alpha value is -1.46. The molecule has 0 aliphatic heterocycles. The van der Waals surface area contributed by atoms with E-state index in [1.54, 1.807) is 36.4 Å². The topological polar surface area (TPSA) is 43.4 Å². The molecule has 0 radical (unpaired) electrons. The number of hydrogen-bond donors (Lipinski definition) is 0. The minimum atomic E-state index is -0.508. The van der Waals surface area contributed by atoms with Crippen molar-refractivity contribution in [3.8, 4) is 5.75 Å². The molecule has 0 fully saturated rings. The van der Waals surface area contributed by atoms with Crippen LogP contribution in [-0.4, -0.2) is 11.8 Å². The summed E-state index contributed by atoms with van der Waals surface area (Å²) in [5, 5.41) is 0. The largest absolute Gasteiger partial charge is 0.421 e. The van der Waals surface area contributed by atoms with Gasteiger partial charge >= 0.3 is 5.97 Å². The van der Waals surface area contributed by atoms with Crippen LogP contribution in [0, 0.1) is 0 Å². The Balaban J connectivity index is 2.41. The molecule has 2 rings (SSSR count). The van der Waals surface area contributed by atoms with Crippen LogP contribution in [0.3, 0.4) is 0 Å². The average molecular weight is 398 g/mol. The lowest BCUT2D eigenvalue weighted by atomic mass is 10.1. The van der Waals surface area contributed by atoms with Gasteiger partial charge in [0.1, 0.15) is 0 Å². The van der Waals surface area contributed by atoms with Crippen molar-refractivity contribution in [2.45, 2.75) is 6.92 Å². The molecule has 0 bridgehead atoms. The number of carbonyl (C=O) groups excluding carboxylic acids is 2. The molecule has 3 nitrogen and oxygen atoms in total. The first-order valence-electron chi connectivity index (χ1n) is 5.77. The highest BCUT2D eigenvalue weighted by molar-refractivity contribution is 9.13. The van der Waals surface area contributed by atoms with Crippen LogP contribution in [0.25, 0.3) is 0 Å². The van der Waals surface area contributed by atoms with Gasteiger partial charge in [0, 0.05) is 4.47 Å². The third-order valence-electron chi connectivity index (χ3n) is 2.63. The Labute approximate surface area is 133 Å². The SMILES string of the molecule is CC(=O)c1ccc(Br)c(Br)c1OC(=O)c1ccccc1. The Morgan fingerprint density at radius 2 is 1.65 bits per heavy atom. The van der Waals surface area contributed by atoms with Gasteiger partial charge in [0.15, 0.2) is 11.5 Å². The summed E-state index contributed by atoms with van der Waals surface area (Å²) >= 11 is 6.65. The zero-order chi connectivity index (χ0) is 14.7. The summed E-state index contributed by atoms with van der Waals surface area (Å²) < 4.78 is 6.61. The summed E-state index contributed by atoms with van der Waals surface area (Å²) in [6.07, 6.45) is 0. The summed E-state index contributed by atoms with van der Waals surface area (Å²) in [5.41, 5.74) is 0.776. The standard InChI is InChI=1S/C15H10Br2O3/c1-9(18)11-7-8-12(16)13(17)14(11)20-15(19)10-5-3-2-4-6-10/h2-8H,1H3. The molecule has 0 saturated carbocycles. The molecule has 0 spiro atoms. The number of ketones is 1. The third kappa shape index (κ3) is 3.16. The third-order valence-corrected chi connectivity index (χ3v) is 4.61. The van der Waals surface area contributed by atoms with E-state index in [0.29, 0.717) is 20.1 Å². The molecule has 0 saturated heterocycles. The van der Waals surface area contributed by atoms with Crippen LogP contribution < -0.4 is 4.74 Å². The van der Waals surface area contributed by atoms with Gasteiger partial charge in [0.2, 0.25) is 0 Å². The maximum absolute atomic E-state index is 12.1. The molecule has 0 N–H and O–H groups in total. The Bertz CT molecular complexity index is 666. The summed E-state index contributed by atoms with van der Waals surface area (Å²) in [7, 11) is 0. The molecule has 2 aromatic carbocycles. The van der Waals surface area contributed by atoms with Gasteiger partial charge in [-0.3, -0.25) is 4.79 Å². The van der Waals surface area contributed by atoms with Crippen molar-refractivity contribution in [2.75, 3.05) is 0 Å². The van der Waals surface area contributed by atoms with E-state index in [0.717, 1.165) is 0 Å². The van der Waals surface area contributed by atoms with E-state index in [1.807, 2.05) is 6.07 Å². The van der Waals surface area contributed by atoms with Crippen LogP contribution in [0.4, 0.5) is 0 Å². The Morgan fingerprint density at radius 1 is 1.00 bits per heavy atom. The van der Waals surface area contributed by atoms with Crippen molar-refractivity contribution in [3.63, 3.8) is 0 Å². The highest BCUT2D eigenvalue weighted by Crippen LogP contribution is 2.36. The van der Waals surface area contributed by atoms with Crippen molar-refractivity contribution >= 4 is 43.6 Å². The van der Waals surface area contributed by atoms with E-state index in [-0.39, 0.29) is 11.5 Å². The van der Waals surface area contributed by atoms with Crippen molar-refractivity contribution < 1.29 is 14.3 Å². The first kappa shape index (κ1) is 14.9. The highest BCUT2D eigenvalue weighted by atomic mass is 79.9. The molecule has 0 amide bonds. The number of halogens is 2. The number of hydrogen-bond acceptors (Lipinski definition) is 3. The first-order chi connectivity index (χ1) is 9.50. The summed E-state index contributed by atoms with van der Waals surface area (Å²) in [4.78, 5) is 23.7. The van der Waals surface area contributed by atoms with Crippen molar-refractivity contribution in [3.05, 3.63) is 62.5 Å². The quantitative estimate of drug-likeness (QED) is 0.430. The van der Waals surface area contributed by atoms with E-state index in [2.05, 4.69) is 31.9 Å². The van der Waals surface area contributed by atoms with Crippen LogP contribution >= 0.6 is 31.9 Å². The van der Waals surface area contributed by atoms with Gasteiger partial charge in [0.25, 0.3) is 0 Å². The predicted molar refractivity (Wildman–Crippen MR) is 83.2 cm³/mol. The van der Waals surface area contributed by atoms with Crippen LogP contribution in [0.5, 0.6) is 5.75 Å². The Kier molecular flexibility index (Phi) is 4.73. The zero-order valence-corrected chi connectivity index (χ0v) is 13.7. The number of rotatable bonds is 3. The molecule has 0 unspecified atom stereocenters. The molecule has 2 aromatic rings. The van der Waals surface area contributed by atoms with Gasteiger partial charge in [-0.05, 0) is 63.0 Å². The number of esters is 1. The van der Waals surface area contributed by atoms with E-state index < -0.39 is 5.97 Å².